The number of carbonyl (C=O) groups excluding carboxylic acids is 1. The molecule has 1 unspecified atom stereocenters. The number of ketones is 1. The highest BCUT2D eigenvalue weighted by Crippen LogP contribution is 2.39. The van der Waals surface area contributed by atoms with Gasteiger partial charge in [0.25, 0.3) is 0 Å². The lowest BCUT2D eigenvalue weighted by Gasteiger charge is -2.22. The quantitative estimate of drug-likeness (QED) is 0.833. The predicted octanol–water partition coefficient (Wildman–Crippen LogP) is 4.01. The van der Waals surface area contributed by atoms with E-state index in [9.17, 15) is 4.79 Å². The highest BCUT2D eigenvalue weighted by atomic mass is 16.7. The molecule has 130 valence electrons. The van der Waals surface area contributed by atoms with Gasteiger partial charge in [0.15, 0.2) is 0 Å². The van der Waals surface area contributed by atoms with Gasteiger partial charge in [0.1, 0.15) is 0 Å². The van der Waals surface area contributed by atoms with Crippen LogP contribution in [0.1, 0.15) is 72.1 Å². The van der Waals surface area contributed by atoms with E-state index in [4.69, 9.17) is 4.84 Å². The van der Waals surface area contributed by atoms with E-state index in [1.807, 2.05) is 13.8 Å². The fourth-order valence-electron chi connectivity index (χ4n) is 3.70. The molecule has 0 aromatic rings. The fourth-order valence-corrected chi connectivity index (χ4v) is 3.70. The fraction of sp³-hybridized carbons (Fsp3) is 0.789. The third-order valence-corrected chi connectivity index (χ3v) is 5.04. The lowest BCUT2D eigenvalue weighted by Crippen LogP contribution is -2.35. The molecule has 2 aliphatic heterocycles. The Bertz CT molecular complexity index is 464. The third kappa shape index (κ3) is 4.23. The van der Waals surface area contributed by atoms with Crippen LogP contribution in [-0.4, -0.2) is 30.2 Å². The lowest BCUT2D eigenvalue weighted by atomic mass is 9.87. The van der Waals surface area contributed by atoms with E-state index in [0.29, 0.717) is 12.8 Å². The molecule has 23 heavy (non-hydrogen) atoms. The van der Waals surface area contributed by atoms with Gasteiger partial charge in [-0.05, 0) is 56.7 Å². The summed E-state index contributed by atoms with van der Waals surface area (Å²) in [6, 6.07) is 0. The number of hydrogen-bond donors (Lipinski definition) is 1. The number of nitrogens with one attached hydrogen (secondary N) is 1. The predicted molar refractivity (Wildman–Crippen MR) is 94.7 cm³/mol. The van der Waals surface area contributed by atoms with Gasteiger partial charge in [-0.25, -0.2) is 0 Å². The molecule has 0 saturated carbocycles. The Morgan fingerprint density at radius 3 is 2.74 bits per heavy atom. The first-order valence-electron chi connectivity index (χ1n) is 9.42. The highest BCUT2D eigenvalue weighted by molar-refractivity contribution is 6.08. The minimum atomic E-state index is -0.659. The molecule has 3 rings (SSSR count). The Kier molecular flexibility index (Phi) is 6.82. The zero-order valence-corrected chi connectivity index (χ0v) is 15.0. The molecule has 0 bridgehead atoms. The van der Waals surface area contributed by atoms with E-state index < -0.39 is 5.60 Å². The van der Waals surface area contributed by atoms with Gasteiger partial charge in [-0.1, -0.05) is 38.4 Å². The van der Waals surface area contributed by atoms with Crippen LogP contribution in [0.25, 0.3) is 0 Å². The van der Waals surface area contributed by atoms with Crippen LogP contribution in [0, 0.1) is 5.92 Å². The molecule has 0 aromatic heterocycles. The van der Waals surface area contributed by atoms with Crippen LogP contribution in [0.4, 0.5) is 0 Å². The normalized spacial score (nSPS) is 27.3. The molecule has 1 N–H and O–H groups in total. The maximum absolute atomic E-state index is 12.5. The van der Waals surface area contributed by atoms with Crippen LogP contribution in [0.3, 0.4) is 0 Å². The third-order valence-electron chi connectivity index (χ3n) is 5.04. The Balaban J connectivity index is 0.000000924. The lowest BCUT2D eigenvalue weighted by molar-refractivity contribution is -0.135. The second-order valence-corrected chi connectivity index (χ2v) is 6.66. The summed E-state index contributed by atoms with van der Waals surface area (Å²) in [7, 11) is 0. The molecular weight excluding hydrogens is 288 g/mol. The average Bonchev–Trinajstić information content (AvgIpc) is 3.16. The van der Waals surface area contributed by atoms with E-state index >= 15 is 0 Å². The van der Waals surface area contributed by atoms with Crippen LogP contribution in [0.15, 0.2) is 16.8 Å². The smallest absolute Gasteiger partial charge is 0.208 e. The van der Waals surface area contributed by atoms with E-state index in [1.165, 1.54) is 19.3 Å². The molecule has 0 radical (unpaired) electrons. The van der Waals surface area contributed by atoms with Crippen LogP contribution < -0.4 is 5.32 Å². The SMILES string of the molecule is CC.CCCC1=CCC2(CC(CCC3CCNCC3)=NO2)C1=O. The zero-order chi connectivity index (χ0) is 16.7. The molecule has 1 saturated heterocycles. The molecule has 3 aliphatic rings. The number of Topliss-reactive ketones (excluding diaryl/α,β-unsaturated/α-hetero) is 1. The van der Waals surface area contributed by atoms with Crippen LogP contribution in [0.2, 0.25) is 0 Å². The Morgan fingerprint density at radius 2 is 2.04 bits per heavy atom. The molecule has 4 heteroatoms. The largest absolute Gasteiger partial charge is 0.380 e. The standard InChI is InChI=1S/C17H26N2O2.C2H6/c1-2-3-14-6-9-17(16(14)20)12-15(19-21-17)5-4-13-7-10-18-11-8-13;1-2/h6,13,18H,2-5,7-12H2,1H3;1-2H3. The molecule has 1 aliphatic carbocycles. The van der Waals surface area contributed by atoms with E-state index in [0.717, 1.165) is 49.6 Å². The first-order chi connectivity index (χ1) is 11.2. The van der Waals surface area contributed by atoms with Crippen molar-refractivity contribution in [2.24, 2.45) is 11.1 Å². The second kappa shape index (κ2) is 8.62. The van der Waals surface area contributed by atoms with Gasteiger partial charge in [0, 0.05) is 12.8 Å². The van der Waals surface area contributed by atoms with Gasteiger partial charge < -0.3 is 10.2 Å². The van der Waals surface area contributed by atoms with E-state index in [1.54, 1.807) is 0 Å². The molecular formula is C19H32N2O2. The Labute approximate surface area is 140 Å². The average molecular weight is 320 g/mol. The van der Waals surface area contributed by atoms with Crippen molar-refractivity contribution in [3.63, 3.8) is 0 Å². The first-order valence-corrected chi connectivity index (χ1v) is 9.42. The maximum Gasteiger partial charge on any atom is 0.208 e. The maximum atomic E-state index is 12.5. The number of nitrogens with zero attached hydrogens (tertiary/aromatic N) is 1. The summed E-state index contributed by atoms with van der Waals surface area (Å²) in [6.45, 7) is 8.39. The van der Waals surface area contributed by atoms with Gasteiger partial charge in [-0.15, -0.1) is 0 Å². The Morgan fingerprint density at radius 1 is 1.30 bits per heavy atom. The van der Waals surface area contributed by atoms with Crippen molar-refractivity contribution < 1.29 is 9.63 Å². The van der Waals surface area contributed by atoms with Crippen LogP contribution in [-0.2, 0) is 9.63 Å². The molecule has 1 fully saturated rings. The molecule has 2 heterocycles. The number of rotatable bonds is 5. The molecule has 1 spiro atoms. The number of oxime groups is 1. The van der Waals surface area contributed by atoms with Crippen molar-refractivity contribution in [1.29, 1.82) is 0 Å². The van der Waals surface area contributed by atoms with Crippen molar-refractivity contribution in [2.75, 3.05) is 13.1 Å². The first kappa shape index (κ1) is 18.2. The molecule has 0 amide bonds. The number of piperidine rings is 1. The van der Waals surface area contributed by atoms with Crippen molar-refractivity contribution in [2.45, 2.75) is 77.7 Å². The van der Waals surface area contributed by atoms with Crippen LogP contribution >= 0.6 is 0 Å². The minimum Gasteiger partial charge on any atom is -0.380 e. The summed E-state index contributed by atoms with van der Waals surface area (Å²) < 4.78 is 0. The highest BCUT2D eigenvalue weighted by Gasteiger charge is 2.49. The minimum absolute atomic E-state index is 0.185. The Hall–Kier alpha value is -1.16. The number of carbonyl (C=O) groups is 1. The van der Waals surface area contributed by atoms with Gasteiger partial charge in [-0.3, -0.25) is 4.79 Å². The van der Waals surface area contributed by atoms with E-state index in [-0.39, 0.29) is 5.78 Å². The second-order valence-electron chi connectivity index (χ2n) is 6.66. The number of hydrogen-bond acceptors (Lipinski definition) is 4. The van der Waals surface area contributed by atoms with Crippen molar-refractivity contribution in [3.05, 3.63) is 11.6 Å². The van der Waals surface area contributed by atoms with Gasteiger partial charge in [-0.2, -0.15) is 0 Å². The summed E-state index contributed by atoms with van der Waals surface area (Å²) in [6.07, 6.45) is 10.1. The zero-order valence-electron chi connectivity index (χ0n) is 15.0. The summed E-state index contributed by atoms with van der Waals surface area (Å²) in [4.78, 5) is 18.1. The molecule has 4 nitrogen and oxygen atoms in total. The van der Waals surface area contributed by atoms with Crippen molar-refractivity contribution in [1.82, 2.24) is 5.32 Å². The summed E-state index contributed by atoms with van der Waals surface area (Å²) >= 11 is 0. The van der Waals surface area contributed by atoms with Gasteiger partial charge in [0.2, 0.25) is 11.4 Å². The van der Waals surface area contributed by atoms with Gasteiger partial charge in [0.05, 0.1) is 5.71 Å². The summed E-state index contributed by atoms with van der Waals surface area (Å²) in [5.41, 5.74) is 1.38. The molecule has 1 atom stereocenters. The van der Waals surface area contributed by atoms with Crippen LogP contribution in [0.5, 0.6) is 0 Å². The summed E-state index contributed by atoms with van der Waals surface area (Å²) in [5, 5.41) is 7.65. The topological polar surface area (TPSA) is 50.7 Å². The van der Waals surface area contributed by atoms with Crippen molar-refractivity contribution >= 4 is 11.5 Å². The molecule has 0 aromatic carbocycles. The van der Waals surface area contributed by atoms with Crippen molar-refractivity contribution in [3.8, 4) is 0 Å². The van der Waals surface area contributed by atoms with E-state index in [2.05, 4.69) is 23.5 Å². The monoisotopic (exact) mass is 320 g/mol. The summed E-state index contributed by atoms with van der Waals surface area (Å²) in [5.74, 6) is 0.989. The van der Waals surface area contributed by atoms with Gasteiger partial charge >= 0.3 is 0 Å².